The van der Waals surface area contributed by atoms with E-state index in [1.54, 1.807) is 12.4 Å². The Morgan fingerprint density at radius 2 is 2.19 bits per heavy atom. The standard InChI is InChI=1S/C12H14N4/c1-9-6-10(8-14-7-9)12(16-13)11-4-2-3-5-15-11/h2-8,12,16H,13H2,1H3. The molecule has 0 aromatic carbocycles. The highest BCUT2D eigenvalue weighted by atomic mass is 15.2. The molecule has 0 aliphatic carbocycles. The highest BCUT2D eigenvalue weighted by molar-refractivity contribution is 5.27. The van der Waals surface area contributed by atoms with E-state index in [9.17, 15) is 0 Å². The Bertz CT molecular complexity index is 456. The molecule has 2 aromatic rings. The smallest absolute Gasteiger partial charge is 0.0896 e. The lowest BCUT2D eigenvalue weighted by Crippen LogP contribution is -2.29. The summed E-state index contributed by atoms with van der Waals surface area (Å²) in [5.74, 6) is 5.57. The van der Waals surface area contributed by atoms with Crippen LogP contribution in [0.25, 0.3) is 0 Å². The maximum atomic E-state index is 5.57. The molecule has 1 atom stereocenters. The van der Waals surface area contributed by atoms with Crippen molar-refractivity contribution < 1.29 is 0 Å². The van der Waals surface area contributed by atoms with Crippen molar-refractivity contribution in [1.29, 1.82) is 0 Å². The molecule has 82 valence electrons. The molecule has 0 amide bonds. The van der Waals surface area contributed by atoms with Crippen molar-refractivity contribution in [3.63, 3.8) is 0 Å². The summed E-state index contributed by atoms with van der Waals surface area (Å²) in [4.78, 5) is 8.44. The zero-order chi connectivity index (χ0) is 11.4. The van der Waals surface area contributed by atoms with Crippen molar-refractivity contribution in [2.75, 3.05) is 0 Å². The highest BCUT2D eigenvalue weighted by Gasteiger charge is 2.13. The largest absolute Gasteiger partial charge is 0.271 e. The van der Waals surface area contributed by atoms with Crippen molar-refractivity contribution >= 4 is 0 Å². The maximum Gasteiger partial charge on any atom is 0.0896 e. The van der Waals surface area contributed by atoms with Crippen LogP contribution < -0.4 is 11.3 Å². The van der Waals surface area contributed by atoms with Gasteiger partial charge in [0.1, 0.15) is 0 Å². The molecular formula is C12H14N4. The second kappa shape index (κ2) is 4.83. The number of nitrogens with zero attached hydrogens (tertiary/aromatic N) is 2. The van der Waals surface area contributed by atoms with E-state index in [1.807, 2.05) is 37.4 Å². The SMILES string of the molecule is Cc1cncc(C(NN)c2ccccn2)c1. The van der Waals surface area contributed by atoms with Gasteiger partial charge in [0, 0.05) is 18.6 Å². The minimum absolute atomic E-state index is 0.117. The molecule has 0 bridgehead atoms. The number of hydrazine groups is 1. The van der Waals surface area contributed by atoms with Crippen LogP contribution in [0.4, 0.5) is 0 Å². The molecular weight excluding hydrogens is 200 g/mol. The van der Waals surface area contributed by atoms with Crippen LogP contribution in [0, 0.1) is 6.92 Å². The first-order chi connectivity index (χ1) is 7.81. The maximum absolute atomic E-state index is 5.57. The number of rotatable bonds is 3. The lowest BCUT2D eigenvalue weighted by atomic mass is 10.0. The first-order valence-electron chi connectivity index (χ1n) is 5.10. The predicted octanol–water partition coefficient (Wildman–Crippen LogP) is 1.34. The van der Waals surface area contributed by atoms with Crippen molar-refractivity contribution in [2.45, 2.75) is 13.0 Å². The topological polar surface area (TPSA) is 63.8 Å². The quantitative estimate of drug-likeness (QED) is 0.597. The van der Waals surface area contributed by atoms with Gasteiger partial charge in [-0.25, -0.2) is 5.43 Å². The number of pyridine rings is 2. The predicted molar refractivity (Wildman–Crippen MR) is 62.4 cm³/mol. The molecule has 0 saturated carbocycles. The molecule has 16 heavy (non-hydrogen) atoms. The third-order valence-electron chi connectivity index (χ3n) is 2.38. The van der Waals surface area contributed by atoms with E-state index in [4.69, 9.17) is 5.84 Å². The molecule has 4 heteroatoms. The van der Waals surface area contributed by atoms with E-state index in [0.717, 1.165) is 16.8 Å². The highest BCUT2D eigenvalue weighted by Crippen LogP contribution is 2.18. The Morgan fingerprint density at radius 1 is 1.31 bits per heavy atom. The van der Waals surface area contributed by atoms with Crippen molar-refractivity contribution in [3.8, 4) is 0 Å². The molecule has 0 spiro atoms. The number of hydrogen-bond donors (Lipinski definition) is 2. The van der Waals surface area contributed by atoms with Crippen LogP contribution in [0.3, 0.4) is 0 Å². The molecule has 2 heterocycles. The van der Waals surface area contributed by atoms with Gasteiger partial charge in [-0.3, -0.25) is 15.8 Å². The van der Waals surface area contributed by atoms with Crippen molar-refractivity contribution in [1.82, 2.24) is 15.4 Å². The van der Waals surface area contributed by atoms with Gasteiger partial charge in [0.2, 0.25) is 0 Å². The van der Waals surface area contributed by atoms with Gasteiger partial charge in [-0.05, 0) is 30.2 Å². The van der Waals surface area contributed by atoms with Crippen molar-refractivity contribution in [3.05, 3.63) is 59.7 Å². The van der Waals surface area contributed by atoms with Crippen LogP contribution in [0.5, 0.6) is 0 Å². The minimum Gasteiger partial charge on any atom is -0.271 e. The zero-order valence-corrected chi connectivity index (χ0v) is 9.09. The molecule has 4 nitrogen and oxygen atoms in total. The van der Waals surface area contributed by atoms with E-state index < -0.39 is 0 Å². The first kappa shape index (κ1) is 10.7. The van der Waals surface area contributed by atoms with E-state index in [1.165, 1.54) is 0 Å². The Hall–Kier alpha value is -1.78. The molecule has 0 radical (unpaired) electrons. The van der Waals surface area contributed by atoms with Crippen LogP contribution in [-0.4, -0.2) is 9.97 Å². The zero-order valence-electron chi connectivity index (χ0n) is 9.09. The number of aryl methyl sites for hydroxylation is 1. The van der Waals surface area contributed by atoms with E-state index in [2.05, 4.69) is 15.4 Å². The summed E-state index contributed by atoms with van der Waals surface area (Å²) in [6.07, 6.45) is 5.37. The summed E-state index contributed by atoms with van der Waals surface area (Å²) in [6, 6.07) is 7.69. The third kappa shape index (κ3) is 2.24. The van der Waals surface area contributed by atoms with Gasteiger partial charge in [0.05, 0.1) is 11.7 Å². The molecule has 3 N–H and O–H groups in total. The van der Waals surface area contributed by atoms with Crippen LogP contribution in [-0.2, 0) is 0 Å². The fraction of sp³-hybridized carbons (Fsp3) is 0.167. The molecule has 0 saturated heterocycles. The molecule has 0 aliphatic rings. The van der Waals surface area contributed by atoms with Gasteiger partial charge >= 0.3 is 0 Å². The summed E-state index contributed by atoms with van der Waals surface area (Å²) < 4.78 is 0. The normalized spacial score (nSPS) is 12.4. The molecule has 0 fully saturated rings. The summed E-state index contributed by atoms with van der Waals surface area (Å²) in [6.45, 7) is 2.00. The van der Waals surface area contributed by atoms with E-state index >= 15 is 0 Å². The van der Waals surface area contributed by atoms with Crippen LogP contribution in [0.15, 0.2) is 42.9 Å². The number of aromatic nitrogens is 2. The fourth-order valence-electron chi connectivity index (χ4n) is 1.64. The Labute approximate surface area is 94.5 Å². The number of hydrogen-bond acceptors (Lipinski definition) is 4. The van der Waals surface area contributed by atoms with Gasteiger partial charge in [-0.2, -0.15) is 0 Å². The van der Waals surface area contributed by atoms with Crippen LogP contribution in [0.1, 0.15) is 22.9 Å². The van der Waals surface area contributed by atoms with Gasteiger partial charge < -0.3 is 0 Å². The summed E-state index contributed by atoms with van der Waals surface area (Å²) in [7, 11) is 0. The van der Waals surface area contributed by atoms with Gasteiger partial charge in [-0.1, -0.05) is 12.1 Å². The van der Waals surface area contributed by atoms with Gasteiger partial charge in [-0.15, -0.1) is 0 Å². The molecule has 2 aromatic heterocycles. The first-order valence-corrected chi connectivity index (χ1v) is 5.10. The molecule has 2 rings (SSSR count). The second-order valence-corrected chi connectivity index (χ2v) is 3.65. The fourth-order valence-corrected chi connectivity index (χ4v) is 1.64. The van der Waals surface area contributed by atoms with E-state index in [0.29, 0.717) is 0 Å². The summed E-state index contributed by atoms with van der Waals surface area (Å²) in [5, 5.41) is 0. The molecule has 1 unspecified atom stereocenters. The van der Waals surface area contributed by atoms with Crippen LogP contribution in [0.2, 0.25) is 0 Å². The Morgan fingerprint density at radius 3 is 2.81 bits per heavy atom. The second-order valence-electron chi connectivity index (χ2n) is 3.65. The lowest BCUT2D eigenvalue weighted by Gasteiger charge is -2.15. The molecule has 0 aliphatic heterocycles. The van der Waals surface area contributed by atoms with Crippen molar-refractivity contribution in [2.24, 2.45) is 5.84 Å². The number of nitrogens with two attached hydrogens (primary N) is 1. The van der Waals surface area contributed by atoms with Crippen LogP contribution >= 0.6 is 0 Å². The average Bonchev–Trinajstić information content (AvgIpc) is 2.31. The average molecular weight is 214 g/mol. The third-order valence-corrected chi connectivity index (χ3v) is 2.38. The van der Waals surface area contributed by atoms with Gasteiger partial charge in [0.25, 0.3) is 0 Å². The monoisotopic (exact) mass is 214 g/mol. The van der Waals surface area contributed by atoms with Gasteiger partial charge in [0.15, 0.2) is 0 Å². The summed E-state index contributed by atoms with van der Waals surface area (Å²) >= 11 is 0. The lowest BCUT2D eigenvalue weighted by molar-refractivity contribution is 0.618. The summed E-state index contributed by atoms with van der Waals surface area (Å²) in [5.41, 5.74) is 5.77. The Balaban J connectivity index is 2.37. The number of nitrogens with one attached hydrogen (secondary N) is 1. The van der Waals surface area contributed by atoms with E-state index in [-0.39, 0.29) is 6.04 Å². The Kier molecular flexibility index (Phi) is 3.24. The minimum atomic E-state index is -0.117.